The molecule has 0 radical (unpaired) electrons. The van der Waals surface area contributed by atoms with Crippen LogP contribution in [0.1, 0.15) is 62.1 Å². The van der Waals surface area contributed by atoms with Gasteiger partial charge in [-0.1, -0.05) is 42.0 Å². The smallest absolute Gasteiger partial charge is 0.244 e. The molecule has 8 heteroatoms. The van der Waals surface area contributed by atoms with Crippen LogP contribution in [-0.2, 0) is 31.6 Å². The number of nitrogens with zero attached hydrogens (tertiary/aromatic N) is 2. The molecule has 2 aromatic rings. The summed E-state index contributed by atoms with van der Waals surface area (Å²) in [7, 11) is -2.22. The fraction of sp³-hybridized carbons (Fsp3) is 0.548. The van der Waals surface area contributed by atoms with Crippen molar-refractivity contribution >= 4 is 27.5 Å². The minimum Gasteiger partial charge on any atom is -0.357 e. The Labute approximate surface area is 233 Å². The highest BCUT2D eigenvalue weighted by Gasteiger charge is 2.51. The number of carbonyl (C=O) groups is 2. The summed E-state index contributed by atoms with van der Waals surface area (Å²) < 4.78 is 27.0. The number of likely N-dealkylation sites (N-methyl/N-ethyl adjacent to an activating group) is 1. The summed E-state index contributed by atoms with van der Waals surface area (Å²) in [6.07, 6.45) is 8.94. The number of aryl methyl sites for hydroxylation is 1. The van der Waals surface area contributed by atoms with Gasteiger partial charge in [-0.25, -0.2) is 8.42 Å². The molecule has 4 bridgehead atoms. The van der Waals surface area contributed by atoms with Gasteiger partial charge >= 0.3 is 0 Å². The number of rotatable bonds is 9. The molecule has 0 aromatic heterocycles. The summed E-state index contributed by atoms with van der Waals surface area (Å²) in [5.41, 5.74) is 3.92. The zero-order valence-electron chi connectivity index (χ0n) is 23.5. The Morgan fingerprint density at radius 1 is 1.00 bits per heavy atom. The third-order valence-electron chi connectivity index (χ3n) is 9.33. The number of hydrogen-bond acceptors (Lipinski definition) is 4. The van der Waals surface area contributed by atoms with Gasteiger partial charge in [0.1, 0.15) is 12.6 Å². The second kappa shape index (κ2) is 10.6. The molecule has 7 nitrogen and oxygen atoms in total. The molecular formula is C31H41N3O4S. The minimum absolute atomic E-state index is 0.206. The number of anilines is 1. The molecule has 0 saturated heterocycles. The van der Waals surface area contributed by atoms with Crippen LogP contribution >= 0.6 is 0 Å². The molecule has 0 aliphatic heterocycles. The van der Waals surface area contributed by atoms with Gasteiger partial charge in [-0.05, 0) is 98.8 Å². The number of carbonyl (C=O) groups excluding carboxylic acids is 2. The monoisotopic (exact) mass is 551 g/mol. The van der Waals surface area contributed by atoms with E-state index in [2.05, 4.69) is 17.4 Å². The summed E-state index contributed by atoms with van der Waals surface area (Å²) in [5, 5.41) is 2.61. The summed E-state index contributed by atoms with van der Waals surface area (Å²) in [6.45, 7) is 3.47. The third kappa shape index (κ3) is 5.72. The van der Waals surface area contributed by atoms with Gasteiger partial charge in [0.25, 0.3) is 0 Å². The number of benzene rings is 2. The average Bonchev–Trinajstić information content (AvgIpc) is 2.88. The van der Waals surface area contributed by atoms with Gasteiger partial charge in [0.15, 0.2) is 0 Å². The summed E-state index contributed by atoms with van der Waals surface area (Å²) in [5.74, 6) is 1.73. The van der Waals surface area contributed by atoms with Gasteiger partial charge in [-0.2, -0.15) is 0 Å². The molecule has 0 unspecified atom stereocenters. The van der Waals surface area contributed by atoms with E-state index in [0.29, 0.717) is 5.69 Å². The van der Waals surface area contributed by atoms with E-state index < -0.39 is 22.0 Å². The van der Waals surface area contributed by atoms with Gasteiger partial charge in [-0.15, -0.1) is 0 Å². The summed E-state index contributed by atoms with van der Waals surface area (Å²) in [6, 6.07) is 14.9. The zero-order chi connectivity index (χ0) is 27.9. The maximum atomic E-state index is 13.7. The lowest BCUT2D eigenvalue weighted by Crippen LogP contribution is -2.50. The fourth-order valence-corrected chi connectivity index (χ4v) is 8.71. The molecule has 0 spiro atoms. The van der Waals surface area contributed by atoms with E-state index in [9.17, 15) is 18.0 Å². The Morgan fingerprint density at radius 2 is 1.59 bits per heavy atom. The Morgan fingerprint density at radius 3 is 2.10 bits per heavy atom. The molecular weight excluding hydrogens is 510 g/mol. The molecule has 1 atom stereocenters. The Hall–Kier alpha value is -2.87. The highest BCUT2D eigenvalue weighted by atomic mass is 32.2. The Balaban J connectivity index is 1.39. The van der Waals surface area contributed by atoms with E-state index in [4.69, 9.17) is 0 Å². The SMILES string of the molecule is CNC(=O)[C@H](C)N(Cc1cccc(C)c1)C(=O)CN(c1ccc(C23CC4CC(CC(C4)C2)C3)cc1)S(C)(=O)=O. The van der Waals surface area contributed by atoms with E-state index in [-0.39, 0.29) is 24.4 Å². The maximum Gasteiger partial charge on any atom is 0.244 e. The van der Waals surface area contributed by atoms with Crippen LogP contribution < -0.4 is 9.62 Å². The summed E-state index contributed by atoms with van der Waals surface area (Å²) in [4.78, 5) is 27.6. The molecule has 4 aliphatic carbocycles. The lowest BCUT2D eigenvalue weighted by molar-refractivity contribution is -0.139. The minimum atomic E-state index is -3.75. The van der Waals surface area contributed by atoms with Crippen LogP contribution in [0, 0.1) is 24.7 Å². The van der Waals surface area contributed by atoms with Gasteiger partial charge in [0, 0.05) is 13.6 Å². The van der Waals surface area contributed by atoms with Crippen molar-refractivity contribution in [3.63, 3.8) is 0 Å². The van der Waals surface area contributed by atoms with E-state index in [0.717, 1.165) is 35.1 Å². The number of sulfonamides is 1. The first-order valence-corrected chi connectivity index (χ1v) is 16.0. The third-order valence-corrected chi connectivity index (χ3v) is 10.5. The molecule has 39 heavy (non-hydrogen) atoms. The molecule has 6 rings (SSSR count). The van der Waals surface area contributed by atoms with Gasteiger partial charge < -0.3 is 10.2 Å². The summed E-state index contributed by atoms with van der Waals surface area (Å²) >= 11 is 0. The van der Waals surface area contributed by atoms with Crippen LogP contribution in [0.15, 0.2) is 48.5 Å². The second-order valence-electron chi connectivity index (χ2n) is 12.3. The van der Waals surface area contributed by atoms with Crippen molar-refractivity contribution in [3.8, 4) is 0 Å². The van der Waals surface area contributed by atoms with Crippen molar-refractivity contribution < 1.29 is 18.0 Å². The zero-order valence-corrected chi connectivity index (χ0v) is 24.3. The van der Waals surface area contributed by atoms with Crippen molar-refractivity contribution in [1.29, 1.82) is 0 Å². The van der Waals surface area contributed by atoms with Gasteiger partial charge in [-0.3, -0.25) is 13.9 Å². The first kappa shape index (κ1) is 27.7. The molecule has 4 saturated carbocycles. The number of hydrogen-bond donors (Lipinski definition) is 1. The maximum absolute atomic E-state index is 13.7. The van der Waals surface area contributed by atoms with E-state index in [1.807, 2.05) is 43.3 Å². The molecule has 2 aromatic carbocycles. The van der Waals surface area contributed by atoms with E-state index in [1.54, 1.807) is 6.92 Å². The standard InChI is InChI=1S/C31H41N3O4S/c1-21-6-5-7-23(12-21)19-33(22(2)30(36)32-3)29(35)20-34(39(4,37)38)28-10-8-27(9-11-28)31-16-24-13-25(17-31)15-26(14-24)18-31/h5-12,22,24-26H,13-20H2,1-4H3,(H,32,36)/t22-,24?,25?,26?,31?/m0/s1. The first-order chi connectivity index (χ1) is 18.5. The van der Waals surface area contributed by atoms with E-state index >= 15 is 0 Å². The molecule has 1 N–H and O–H groups in total. The lowest BCUT2D eigenvalue weighted by atomic mass is 9.48. The van der Waals surface area contributed by atoms with Crippen LogP contribution in [0.3, 0.4) is 0 Å². The predicted molar refractivity (Wildman–Crippen MR) is 154 cm³/mol. The normalized spacial score (nSPS) is 26.2. The van der Waals surface area contributed by atoms with Crippen molar-refractivity contribution in [3.05, 3.63) is 65.2 Å². The van der Waals surface area contributed by atoms with Crippen molar-refractivity contribution in [2.24, 2.45) is 17.8 Å². The Kier molecular flexibility index (Phi) is 7.53. The topological polar surface area (TPSA) is 86.8 Å². The number of nitrogens with one attached hydrogen (secondary N) is 1. The van der Waals surface area contributed by atoms with Crippen molar-refractivity contribution in [1.82, 2.24) is 10.2 Å². The number of amides is 2. The largest absolute Gasteiger partial charge is 0.357 e. The van der Waals surface area contributed by atoms with Crippen LogP contribution in [0.25, 0.3) is 0 Å². The Bertz CT molecular complexity index is 1300. The van der Waals surface area contributed by atoms with Crippen molar-refractivity contribution in [2.75, 3.05) is 24.2 Å². The fourth-order valence-electron chi connectivity index (χ4n) is 7.86. The molecule has 4 aliphatic rings. The molecule has 0 heterocycles. The highest BCUT2D eigenvalue weighted by molar-refractivity contribution is 7.92. The van der Waals surface area contributed by atoms with E-state index in [1.165, 1.54) is 60.3 Å². The molecule has 210 valence electrons. The first-order valence-electron chi connectivity index (χ1n) is 14.1. The van der Waals surface area contributed by atoms with Crippen LogP contribution in [0.4, 0.5) is 5.69 Å². The van der Waals surface area contributed by atoms with Crippen molar-refractivity contribution in [2.45, 2.75) is 70.4 Å². The van der Waals surface area contributed by atoms with Crippen LogP contribution in [0.5, 0.6) is 0 Å². The second-order valence-corrected chi connectivity index (χ2v) is 14.2. The predicted octanol–water partition coefficient (Wildman–Crippen LogP) is 4.39. The van der Waals surface area contributed by atoms with Crippen LogP contribution in [-0.4, -0.2) is 51.0 Å². The highest BCUT2D eigenvalue weighted by Crippen LogP contribution is 2.60. The van der Waals surface area contributed by atoms with Gasteiger partial charge in [0.2, 0.25) is 21.8 Å². The van der Waals surface area contributed by atoms with Crippen LogP contribution in [0.2, 0.25) is 0 Å². The lowest BCUT2D eigenvalue weighted by Gasteiger charge is -2.57. The average molecular weight is 552 g/mol. The molecule has 2 amide bonds. The quantitative estimate of drug-likeness (QED) is 0.501. The van der Waals surface area contributed by atoms with Gasteiger partial charge in [0.05, 0.1) is 11.9 Å². The molecule has 4 fully saturated rings.